The van der Waals surface area contributed by atoms with Gasteiger partial charge in [0.2, 0.25) is 5.91 Å². The molecule has 2 amide bonds. The Kier molecular flexibility index (Phi) is 6.07. The van der Waals surface area contributed by atoms with Crippen LogP contribution in [-0.2, 0) is 11.2 Å². The maximum Gasteiger partial charge on any atom is 0.275 e. The molecule has 1 aromatic carbocycles. The van der Waals surface area contributed by atoms with E-state index in [4.69, 9.17) is 16.2 Å². The lowest BCUT2D eigenvalue weighted by Crippen LogP contribution is -2.16. The van der Waals surface area contributed by atoms with Gasteiger partial charge in [0.15, 0.2) is 0 Å². The average molecular weight is 334 g/mol. The van der Waals surface area contributed by atoms with E-state index in [-0.39, 0.29) is 18.9 Å². The summed E-state index contributed by atoms with van der Waals surface area (Å²) >= 11 is 1.40. The molecule has 8 heteroatoms. The molecule has 23 heavy (non-hydrogen) atoms. The van der Waals surface area contributed by atoms with E-state index in [1.807, 2.05) is 0 Å². The Morgan fingerprint density at radius 1 is 1.30 bits per heavy atom. The molecule has 0 fully saturated rings. The normalized spacial score (nSPS) is 10.3. The van der Waals surface area contributed by atoms with Crippen molar-refractivity contribution < 1.29 is 14.3 Å². The zero-order valence-electron chi connectivity index (χ0n) is 12.5. The largest absolute Gasteiger partial charge is 0.491 e. The van der Waals surface area contributed by atoms with Crippen LogP contribution in [0.5, 0.6) is 5.75 Å². The van der Waals surface area contributed by atoms with Gasteiger partial charge in [-0.1, -0.05) is 12.1 Å². The van der Waals surface area contributed by atoms with Crippen LogP contribution in [0.15, 0.2) is 29.6 Å². The van der Waals surface area contributed by atoms with Crippen LogP contribution in [0.4, 0.5) is 5.69 Å². The number of carbonyl (C=O) groups excluding carboxylic acids is 2. The van der Waals surface area contributed by atoms with Gasteiger partial charge in [0.05, 0.1) is 23.7 Å². The van der Waals surface area contributed by atoms with Crippen molar-refractivity contribution in [2.45, 2.75) is 12.8 Å². The van der Waals surface area contributed by atoms with Crippen molar-refractivity contribution in [2.75, 3.05) is 18.5 Å². The molecule has 0 bridgehead atoms. The summed E-state index contributed by atoms with van der Waals surface area (Å²) in [6.07, 6.45) is 0.752. The lowest BCUT2D eigenvalue weighted by molar-refractivity contribution is -0.118. The molecule has 0 unspecified atom stereocenters. The molecule has 0 atom stereocenters. The second kappa shape index (κ2) is 8.25. The highest BCUT2D eigenvalue weighted by Gasteiger charge is 2.13. The van der Waals surface area contributed by atoms with Gasteiger partial charge in [0.1, 0.15) is 11.4 Å². The van der Waals surface area contributed by atoms with E-state index >= 15 is 0 Å². The zero-order chi connectivity index (χ0) is 16.7. The quantitative estimate of drug-likeness (QED) is 0.669. The standard InChI is InChI=1S/C15H18N4O3S/c16-7-5-14-18-11(9-23-14)15(21)19-10-3-1-2-4-12(10)22-8-6-13(17)20/h1-4,9H,5-8,16H2,(H2,17,20)(H,19,21). The predicted octanol–water partition coefficient (Wildman–Crippen LogP) is 1.15. The van der Waals surface area contributed by atoms with Gasteiger partial charge < -0.3 is 21.5 Å². The molecule has 122 valence electrons. The topological polar surface area (TPSA) is 120 Å². The van der Waals surface area contributed by atoms with Gasteiger partial charge in [-0.25, -0.2) is 4.98 Å². The molecular formula is C15H18N4O3S. The molecule has 7 nitrogen and oxygen atoms in total. The van der Waals surface area contributed by atoms with Crippen molar-refractivity contribution >= 4 is 28.8 Å². The van der Waals surface area contributed by atoms with Crippen LogP contribution in [0.1, 0.15) is 21.9 Å². The van der Waals surface area contributed by atoms with E-state index in [0.717, 1.165) is 5.01 Å². The number of primary amides is 1. The highest BCUT2D eigenvalue weighted by Crippen LogP contribution is 2.24. The predicted molar refractivity (Wildman–Crippen MR) is 88.6 cm³/mol. The highest BCUT2D eigenvalue weighted by atomic mass is 32.1. The number of amides is 2. The first-order valence-electron chi connectivity index (χ1n) is 7.06. The molecule has 0 aliphatic heterocycles. The number of nitrogens with two attached hydrogens (primary N) is 2. The molecule has 2 aromatic rings. The van der Waals surface area contributed by atoms with Gasteiger partial charge in [-0.15, -0.1) is 11.3 Å². The minimum atomic E-state index is -0.443. The van der Waals surface area contributed by atoms with Crippen LogP contribution < -0.4 is 21.5 Å². The average Bonchev–Trinajstić information content (AvgIpc) is 2.98. The van der Waals surface area contributed by atoms with Gasteiger partial charge in [-0.2, -0.15) is 0 Å². The Labute approximate surface area is 137 Å². The summed E-state index contributed by atoms with van der Waals surface area (Å²) in [6, 6.07) is 6.97. The van der Waals surface area contributed by atoms with Crippen molar-refractivity contribution in [3.8, 4) is 5.75 Å². The Bertz CT molecular complexity index is 687. The van der Waals surface area contributed by atoms with E-state index in [2.05, 4.69) is 10.3 Å². The highest BCUT2D eigenvalue weighted by molar-refractivity contribution is 7.09. The molecule has 0 aliphatic carbocycles. The van der Waals surface area contributed by atoms with E-state index in [9.17, 15) is 9.59 Å². The molecular weight excluding hydrogens is 316 g/mol. The third kappa shape index (κ3) is 5.04. The second-order valence-corrected chi connectivity index (χ2v) is 5.62. The second-order valence-electron chi connectivity index (χ2n) is 4.68. The van der Waals surface area contributed by atoms with Gasteiger partial charge >= 0.3 is 0 Å². The summed E-state index contributed by atoms with van der Waals surface area (Å²) in [7, 11) is 0. The summed E-state index contributed by atoms with van der Waals surface area (Å²) in [5.74, 6) is -0.295. The Balaban J connectivity index is 2.03. The maximum atomic E-state index is 12.2. The van der Waals surface area contributed by atoms with E-state index in [0.29, 0.717) is 30.1 Å². The van der Waals surface area contributed by atoms with Crippen LogP contribution in [0.25, 0.3) is 0 Å². The number of nitrogens with one attached hydrogen (secondary N) is 1. The lowest BCUT2D eigenvalue weighted by atomic mass is 10.3. The van der Waals surface area contributed by atoms with Crippen LogP contribution in [0, 0.1) is 0 Å². The monoisotopic (exact) mass is 334 g/mol. The number of hydrogen-bond acceptors (Lipinski definition) is 6. The lowest BCUT2D eigenvalue weighted by Gasteiger charge is -2.11. The molecule has 0 spiro atoms. The molecule has 5 N–H and O–H groups in total. The summed E-state index contributed by atoms with van der Waals surface area (Å²) in [5, 5.41) is 5.27. The summed E-state index contributed by atoms with van der Waals surface area (Å²) in [5.41, 5.74) is 11.4. The number of aromatic nitrogens is 1. The number of thiazole rings is 1. The van der Waals surface area contributed by atoms with Gasteiger partial charge in [0, 0.05) is 11.8 Å². The van der Waals surface area contributed by atoms with Crippen LogP contribution >= 0.6 is 11.3 Å². The van der Waals surface area contributed by atoms with Crippen LogP contribution in [-0.4, -0.2) is 29.9 Å². The van der Waals surface area contributed by atoms with E-state index in [1.165, 1.54) is 11.3 Å². The van der Waals surface area contributed by atoms with E-state index < -0.39 is 5.91 Å². The SMILES string of the molecule is NCCc1nc(C(=O)Nc2ccccc2OCCC(N)=O)cs1. The summed E-state index contributed by atoms with van der Waals surface area (Å²) in [4.78, 5) is 27.2. The number of nitrogens with zero attached hydrogens (tertiary/aromatic N) is 1. The van der Waals surface area contributed by atoms with Crippen molar-refractivity contribution in [2.24, 2.45) is 11.5 Å². The first-order valence-corrected chi connectivity index (χ1v) is 7.94. The first kappa shape index (κ1) is 16.9. The van der Waals surface area contributed by atoms with Crippen molar-refractivity contribution in [1.82, 2.24) is 4.98 Å². The van der Waals surface area contributed by atoms with Crippen LogP contribution in [0.2, 0.25) is 0 Å². The molecule has 1 heterocycles. The minimum absolute atomic E-state index is 0.108. The molecule has 0 aliphatic rings. The number of rotatable bonds is 8. The van der Waals surface area contributed by atoms with Gasteiger partial charge in [-0.3, -0.25) is 9.59 Å². The fourth-order valence-corrected chi connectivity index (χ4v) is 2.59. The van der Waals surface area contributed by atoms with E-state index in [1.54, 1.807) is 29.6 Å². The number of para-hydroxylation sites is 2. The van der Waals surface area contributed by atoms with Gasteiger partial charge in [0.25, 0.3) is 5.91 Å². The number of anilines is 1. The molecule has 2 rings (SSSR count). The smallest absolute Gasteiger partial charge is 0.275 e. The van der Waals surface area contributed by atoms with Crippen LogP contribution in [0.3, 0.4) is 0 Å². The first-order chi connectivity index (χ1) is 11.1. The zero-order valence-corrected chi connectivity index (χ0v) is 13.3. The summed E-state index contributed by atoms with van der Waals surface area (Å²) in [6.45, 7) is 0.644. The third-order valence-electron chi connectivity index (χ3n) is 2.88. The minimum Gasteiger partial charge on any atom is -0.491 e. The molecule has 0 radical (unpaired) electrons. The number of benzene rings is 1. The Morgan fingerprint density at radius 2 is 2.09 bits per heavy atom. The number of hydrogen-bond donors (Lipinski definition) is 3. The fourth-order valence-electron chi connectivity index (χ4n) is 1.80. The fraction of sp³-hybridized carbons (Fsp3) is 0.267. The summed E-state index contributed by atoms with van der Waals surface area (Å²) < 4.78 is 5.48. The molecule has 0 saturated carbocycles. The Morgan fingerprint density at radius 3 is 2.83 bits per heavy atom. The molecule has 0 saturated heterocycles. The molecule has 1 aromatic heterocycles. The van der Waals surface area contributed by atoms with Crippen molar-refractivity contribution in [3.05, 3.63) is 40.3 Å². The maximum absolute atomic E-state index is 12.2. The van der Waals surface area contributed by atoms with Crippen molar-refractivity contribution in [3.63, 3.8) is 0 Å². The number of carbonyl (C=O) groups is 2. The van der Waals surface area contributed by atoms with Crippen molar-refractivity contribution in [1.29, 1.82) is 0 Å². The number of ether oxygens (including phenoxy) is 1. The Hall–Kier alpha value is -2.45. The van der Waals surface area contributed by atoms with Gasteiger partial charge in [-0.05, 0) is 18.7 Å². The third-order valence-corrected chi connectivity index (χ3v) is 3.79.